The number of carboxylic acids is 1. The van der Waals surface area contributed by atoms with Gasteiger partial charge in [0.15, 0.2) is 0 Å². The Kier molecular flexibility index (Phi) is 4.52. The third kappa shape index (κ3) is 3.77. The molecule has 0 aromatic carbocycles. The number of primary amides is 1. The number of hydrogen-bond donors (Lipinski definition) is 3. The van der Waals surface area contributed by atoms with Gasteiger partial charge in [-0.3, -0.25) is 4.98 Å². The van der Waals surface area contributed by atoms with Gasteiger partial charge in [-0.2, -0.15) is 5.01 Å². The first kappa shape index (κ1) is 14.1. The molecule has 2 rings (SSSR count). The highest BCUT2D eigenvalue weighted by molar-refractivity contribution is 5.92. The molecule has 0 saturated carbocycles. The van der Waals surface area contributed by atoms with Crippen LogP contribution in [0.1, 0.15) is 10.5 Å². The van der Waals surface area contributed by atoms with Crippen LogP contribution in [-0.2, 0) is 0 Å². The smallest absolute Gasteiger partial charge is 0.352 e. The van der Waals surface area contributed by atoms with Gasteiger partial charge in [0, 0.05) is 13.2 Å². The number of pyridine rings is 1. The first-order valence-corrected chi connectivity index (χ1v) is 4.99. The number of carbonyl (C=O) groups excluding carboxylic acids is 1. The number of aromatic nitrogens is 2. The summed E-state index contributed by atoms with van der Waals surface area (Å²) in [6.07, 6.45) is 1.63. The minimum atomic E-state index is -0.965. The van der Waals surface area contributed by atoms with Crippen molar-refractivity contribution in [3.8, 4) is 0 Å². The van der Waals surface area contributed by atoms with Crippen molar-refractivity contribution in [2.24, 2.45) is 11.0 Å². The lowest BCUT2D eigenvalue weighted by molar-refractivity contribution is 0.0691. The van der Waals surface area contributed by atoms with Crippen molar-refractivity contribution in [3.05, 3.63) is 35.0 Å². The number of aromatic carboxylic acids is 1. The molecule has 2 aromatic heterocycles. The number of carbonyl (C=O) groups is 2. The summed E-state index contributed by atoms with van der Waals surface area (Å²) in [4.78, 5) is 36.3. The largest absolute Gasteiger partial charge is 0.477 e. The van der Waals surface area contributed by atoms with E-state index in [1.54, 1.807) is 18.3 Å². The normalized spacial score (nSPS) is 9.32. The van der Waals surface area contributed by atoms with Gasteiger partial charge in [0.05, 0.1) is 16.3 Å². The summed E-state index contributed by atoms with van der Waals surface area (Å²) >= 11 is 0. The maximum atomic E-state index is 10.5. The molecular weight excluding hydrogens is 254 g/mol. The van der Waals surface area contributed by atoms with Crippen LogP contribution in [0.25, 0.3) is 11.0 Å². The summed E-state index contributed by atoms with van der Waals surface area (Å²) < 4.78 is 0. The number of nitroso groups, excluding NO2 is 1. The minimum Gasteiger partial charge on any atom is -0.477 e. The number of nitrogens with zero attached hydrogens (tertiary/aromatic N) is 3. The fourth-order valence-electron chi connectivity index (χ4n) is 1.11. The Morgan fingerprint density at radius 1 is 1.53 bits per heavy atom. The molecule has 0 fully saturated rings. The predicted octanol–water partition coefficient (Wildman–Crippen LogP) is 0.939. The summed E-state index contributed by atoms with van der Waals surface area (Å²) in [5.74, 6) is -0.965. The Morgan fingerprint density at radius 3 is 2.63 bits per heavy atom. The molecule has 4 N–H and O–H groups in total. The topological polar surface area (TPSA) is 142 Å². The van der Waals surface area contributed by atoms with E-state index in [2.05, 4.69) is 21.0 Å². The van der Waals surface area contributed by atoms with Crippen LogP contribution in [0.3, 0.4) is 0 Å². The lowest BCUT2D eigenvalue weighted by atomic mass is 10.4. The summed E-state index contributed by atoms with van der Waals surface area (Å²) in [7, 11) is 1.18. The third-order valence-electron chi connectivity index (χ3n) is 2.06. The fourth-order valence-corrected chi connectivity index (χ4v) is 1.11. The second-order valence-corrected chi connectivity index (χ2v) is 3.37. The molecule has 0 spiro atoms. The Labute approximate surface area is 107 Å². The van der Waals surface area contributed by atoms with E-state index < -0.39 is 12.0 Å². The van der Waals surface area contributed by atoms with E-state index in [1.165, 1.54) is 13.1 Å². The molecule has 0 unspecified atom stereocenters. The number of carboxylic acid groups (broad SMARTS) is 1. The second kappa shape index (κ2) is 6.10. The highest BCUT2D eigenvalue weighted by Crippen LogP contribution is 2.11. The maximum absolute atomic E-state index is 10.5. The summed E-state index contributed by atoms with van der Waals surface area (Å²) in [5.41, 5.74) is 6.13. The van der Waals surface area contributed by atoms with E-state index in [9.17, 15) is 14.5 Å². The Hall–Kier alpha value is -2.97. The molecule has 2 amide bonds. The van der Waals surface area contributed by atoms with Crippen LogP contribution in [0, 0.1) is 4.91 Å². The van der Waals surface area contributed by atoms with Crippen molar-refractivity contribution >= 4 is 23.0 Å². The lowest BCUT2D eigenvalue weighted by Crippen LogP contribution is -2.26. The zero-order valence-electron chi connectivity index (χ0n) is 9.90. The van der Waals surface area contributed by atoms with Crippen LogP contribution in [0.5, 0.6) is 0 Å². The maximum Gasteiger partial charge on any atom is 0.352 e. The van der Waals surface area contributed by atoms with Gasteiger partial charge in [0.25, 0.3) is 0 Å². The Morgan fingerprint density at radius 2 is 2.21 bits per heavy atom. The number of H-pyrrole nitrogens is 1. The van der Waals surface area contributed by atoms with Crippen molar-refractivity contribution in [2.45, 2.75) is 0 Å². The number of fused-ring (bicyclic) bond motifs is 1. The Balaban J connectivity index is 0.000000224. The van der Waals surface area contributed by atoms with Crippen molar-refractivity contribution in [3.63, 3.8) is 0 Å². The minimum absolute atomic E-state index is 0.170. The third-order valence-corrected chi connectivity index (χ3v) is 2.06. The van der Waals surface area contributed by atoms with Crippen molar-refractivity contribution in [1.29, 1.82) is 0 Å². The first-order valence-electron chi connectivity index (χ1n) is 4.99. The molecule has 19 heavy (non-hydrogen) atoms. The van der Waals surface area contributed by atoms with Crippen LogP contribution >= 0.6 is 0 Å². The van der Waals surface area contributed by atoms with Gasteiger partial charge < -0.3 is 15.8 Å². The van der Waals surface area contributed by atoms with Gasteiger partial charge in [-0.05, 0) is 18.2 Å². The van der Waals surface area contributed by atoms with E-state index in [0.29, 0.717) is 10.5 Å². The van der Waals surface area contributed by atoms with E-state index in [0.717, 1.165) is 5.52 Å². The molecule has 0 bridgehead atoms. The van der Waals surface area contributed by atoms with Crippen LogP contribution in [0.15, 0.2) is 29.7 Å². The molecule has 0 atom stereocenters. The van der Waals surface area contributed by atoms with E-state index in [1.807, 2.05) is 0 Å². The van der Waals surface area contributed by atoms with Gasteiger partial charge in [-0.1, -0.05) is 0 Å². The average molecular weight is 265 g/mol. The Bertz CT molecular complexity index is 576. The molecule has 2 heterocycles. The number of nitrogens with one attached hydrogen (secondary N) is 1. The molecule has 0 aliphatic heterocycles. The van der Waals surface area contributed by atoms with Crippen molar-refractivity contribution < 1.29 is 14.7 Å². The van der Waals surface area contributed by atoms with Gasteiger partial charge >= 0.3 is 12.0 Å². The van der Waals surface area contributed by atoms with Gasteiger partial charge in [0.1, 0.15) is 5.69 Å². The quantitative estimate of drug-likeness (QED) is 0.547. The van der Waals surface area contributed by atoms with Crippen LogP contribution in [0.4, 0.5) is 4.79 Å². The molecule has 0 radical (unpaired) electrons. The first-order chi connectivity index (χ1) is 8.95. The monoisotopic (exact) mass is 265 g/mol. The highest BCUT2D eigenvalue weighted by atomic mass is 16.4. The summed E-state index contributed by atoms with van der Waals surface area (Å²) in [6, 6.07) is 4.20. The van der Waals surface area contributed by atoms with Gasteiger partial charge in [-0.15, -0.1) is 4.91 Å². The fraction of sp³-hybridized carbons (Fsp3) is 0.100. The molecular formula is C10H11N5O4. The van der Waals surface area contributed by atoms with E-state index in [4.69, 9.17) is 5.11 Å². The molecule has 0 aliphatic carbocycles. The van der Waals surface area contributed by atoms with Crippen molar-refractivity contribution in [2.75, 3.05) is 7.05 Å². The number of amides is 2. The number of urea groups is 1. The second-order valence-electron chi connectivity index (χ2n) is 3.37. The molecule has 2 aromatic rings. The van der Waals surface area contributed by atoms with Crippen LogP contribution in [-0.4, -0.2) is 39.1 Å². The number of aromatic amines is 1. The zero-order chi connectivity index (χ0) is 14.4. The number of nitrogens with two attached hydrogens (primary N) is 1. The number of rotatable bonds is 2. The predicted molar refractivity (Wildman–Crippen MR) is 66.2 cm³/mol. The highest BCUT2D eigenvalue weighted by Gasteiger charge is 2.06. The summed E-state index contributed by atoms with van der Waals surface area (Å²) in [5, 5.41) is 11.3. The SMILES string of the molecule is CN(N=O)C(N)=O.O=C(O)c1cc2ncccc2[nH]1. The van der Waals surface area contributed by atoms with Crippen LogP contribution in [0.2, 0.25) is 0 Å². The number of hydrogen-bond acceptors (Lipinski definition) is 5. The van der Waals surface area contributed by atoms with E-state index in [-0.39, 0.29) is 5.69 Å². The van der Waals surface area contributed by atoms with Gasteiger partial charge in [0.2, 0.25) is 0 Å². The van der Waals surface area contributed by atoms with Crippen LogP contribution < -0.4 is 5.73 Å². The zero-order valence-corrected chi connectivity index (χ0v) is 9.90. The average Bonchev–Trinajstić information content (AvgIpc) is 2.82. The molecule has 0 saturated heterocycles. The summed E-state index contributed by atoms with van der Waals surface area (Å²) in [6.45, 7) is 0. The molecule has 100 valence electrons. The standard InChI is InChI=1S/C8H6N2O2.C2H5N3O2/c11-8(12)7-4-6-5(10-7)2-1-3-9-6;1-5(4-7)2(3)6/h1-4,10H,(H,11,12);1H3,(H2,3,6). The molecule has 9 nitrogen and oxygen atoms in total. The van der Waals surface area contributed by atoms with Gasteiger partial charge in [-0.25, -0.2) is 9.59 Å². The molecule has 0 aliphatic rings. The van der Waals surface area contributed by atoms with E-state index >= 15 is 0 Å². The molecule has 9 heteroatoms. The van der Waals surface area contributed by atoms with Crippen molar-refractivity contribution in [1.82, 2.24) is 15.0 Å². The lowest BCUT2D eigenvalue weighted by Gasteiger charge is -1.97.